The monoisotopic (exact) mass is 333 g/mol. The van der Waals surface area contributed by atoms with Crippen LogP contribution in [0.4, 0.5) is 0 Å². The zero-order valence-electron chi connectivity index (χ0n) is 13.9. The van der Waals surface area contributed by atoms with Crippen LogP contribution < -0.4 is 4.74 Å². The van der Waals surface area contributed by atoms with Crippen LogP contribution in [0.25, 0.3) is 22.2 Å². The molecule has 0 unspecified atom stereocenters. The van der Waals surface area contributed by atoms with Crippen molar-refractivity contribution in [3.8, 4) is 22.8 Å². The van der Waals surface area contributed by atoms with Gasteiger partial charge in [0.1, 0.15) is 11.5 Å². The van der Waals surface area contributed by atoms with Gasteiger partial charge in [0.2, 0.25) is 0 Å². The van der Waals surface area contributed by atoms with Gasteiger partial charge >= 0.3 is 0 Å². The Bertz CT molecular complexity index is 999. The summed E-state index contributed by atoms with van der Waals surface area (Å²) in [5.74, 6) is 1.13. The predicted molar refractivity (Wildman–Crippen MR) is 97.9 cm³/mol. The number of methoxy groups -OCH3 is 1. The first-order valence-electron chi connectivity index (χ1n) is 8.18. The highest BCUT2D eigenvalue weighted by Gasteiger charge is 2.11. The third-order valence-corrected chi connectivity index (χ3v) is 4.45. The number of fused-ring (bicyclic) bond motifs is 1. The molecule has 0 aliphatic carbocycles. The molecule has 0 saturated carbocycles. The van der Waals surface area contributed by atoms with E-state index in [9.17, 15) is 5.11 Å². The second-order valence-electron chi connectivity index (χ2n) is 6.00. The number of hydrogen-bond acceptors (Lipinski definition) is 3. The second kappa shape index (κ2) is 6.36. The summed E-state index contributed by atoms with van der Waals surface area (Å²) in [6, 6.07) is 13.3. The van der Waals surface area contributed by atoms with Gasteiger partial charge in [-0.05, 0) is 42.3 Å². The van der Waals surface area contributed by atoms with E-state index in [1.54, 1.807) is 19.2 Å². The number of phenols is 1. The van der Waals surface area contributed by atoms with E-state index in [0.29, 0.717) is 5.75 Å². The summed E-state index contributed by atoms with van der Waals surface area (Å²) < 4.78 is 7.50. The van der Waals surface area contributed by atoms with Crippen molar-refractivity contribution in [2.45, 2.75) is 13.0 Å². The largest absolute Gasteiger partial charge is 0.508 e. The molecule has 0 aliphatic heterocycles. The zero-order chi connectivity index (χ0) is 17.2. The first kappa shape index (κ1) is 15.3. The fourth-order valence-electron chi connectivity index (χ4n) is 3.07. The molecule has 4 aromatic rings. The Morgan fingerprint density at radius 2 is 2.00 bits per heavy atom. The van der Waals surface area contributed by atoms with Gasteiger partial charge in [0.15, 0.2) is 0 Å². The van der Waals surface area contributed by atoms with Gasteiger partial charge in [0, 0.05) is 29.2 Å². The molecule has 0 spiro atoms. The van der Waals surface area contributed by atoms with Gasteiger partial charge in [-0.2, -0.15) is 0 Å². The van der Waals surface area contributed by atoms with Crippen LogP contribution in [0, 0.1) is 0 Å². The maximum atomic E-state index is 9.39. The topological polar surface area (TPSA) is 63.1 Å². The Morgan fingerprint density at radius 3 is 2.80 bits per heavy atom. The van der Waals surface area contributed by atoms with Crippen molar-refractivity contribution in [3.05, 3.63) is 66.7 Å². The highest BCUT2D eigenvalue weighted by molar-refractivity contribution is 5.95. The molecule has 5 heteroatoms. The van der Waals surface area contributed by atoms with Crippen LogP contribution in [0.2, 0.25) is 0 Å². The van der Waals surface area contributed by atoms with Gasteiger partial charge in [-0.1, -0.05) is 12.1 Å². The highest BCUT2D eigenvalue weighted by atomic mass is 16.5. The molecule has 0 amide bonds. The van der Waals surface area contributed by atoms with E-state index in [1.807, 2.05) is 49.1 Å². The van der Waals surface area contributed by atoms with Crippen molar-refractivity contribution in [2.75, 3.05) is 7.11 Å². The molecule has 2 aromatic carbocycles. The maximum absolute atomic E-state index is 9.39. The van der Waals surface area contributed by atoms with Crippen LogP contribution >= 0.6 is 0 Å². The van der Waals surface area contributed by atoms with Gasteiger partial charge in [-0.3, -0.25) is 0 Å². The van der Waals surface area contributed by atoms with Crippen LogP contribution in [0.1, 0.15) is 5.56 Å². The molecule has 0 fully saturated rings. The molecule has 25 heavy (non-hydrogen) atoms. The first-order chi connectivity index (χ1) is 12.2. The summed E-state index contributed by atoms with van der Waals surface area (Å²) in [5.41, 5.74) is 4.43. The molecule has 0 bridgehead atoms. The Morgan fingerprint density at radius 1 is 1.16 bits per heavy atom. The van der Waals surface area contributed by atoms with E-state index in [0.717, 1.165) is 40.9 Å². The summed E-state index contributed by atoms with van der Waals surface area (Å²) in [7, 11) is 1.68. The van der Waals surface area contributed by atoms with E-state index in [1.165, 1.54) is 5.56 Å². The fourth-order valence-corrected chi connectivity index (χ4v) is 3.07. The summed E-state index contributed by atoms with van der Waals surface area (Å²) in [6.07, 6.45) is 6.63. The van der Waals surface area contributed by atoms with Gasteiger partial charge in [0.05, 0.1) is 25.3 Å². The molecule has 0 radical (unpaired) electrons. The predicted octanol–water partition coefficient (Wildman–Crippen LogP) is 3.99. The minimum Gasteiger partial charge on any atom is -0.508 e. The number of hydrogen-bond donors (Lipinski definition) is 2. The van der Waals surface area contributed by atoms with Crippen LogP contribution in [0.3, 0.4) is 0 Å². The van der Waals surface area contributed by atoms with Crippen LogP contribution in [-0.2, 0) is 13.0 Å². The van der Waals surface area contributed by atoms with E-state index in [-0.39, 0.29) is 0 Å². The van der Waals surface area contributed by atoms with E-state index in [2.05, 4.69) is 14.5 Å². The van der Waals surface area contributed by atoms with Gasteiger partial charge in [-0.25, -0.2) is 4.98 Å². The molecule has 0 aliphatic rings. The zero-order valence-corrected chi connectivity index (χ0v) is 13.9. The quantitative estimate of drug-likeness (QED) is 0.580. The summed E-state index contributed by atoms with van der Waals surface area (Å²) in [5, 5.41) is 10.5. The third kappa shape index (κ3) is 2.96. The average molecular weight is 333 g/mol. The molecule has 4 rings (SSSR count). The van der Waals surface area contributed by atoms with Crippen molar-refractivity contribution in [3.63, 3.8) is 0 Å². The lowest BCUT2D eigenvalue weighted by molar-refractivity contribution is 0.415. The molecular weight excluding hydrogens is 314 g/mol. The van der Waals surface area contributed by atoms with Crippen molar-refractivity contribution >= 4 is 10.9 Å². The lowest BCUT2D eigenvalue weighted by Crippen LogP contribution is -2.01. The Kier molecular flexibility index (Phi) is 3.90. The molecule has 2 aromatic heterocycles. The number of phenolic OH excluding ortho intramolecular Hbond substituents is 1. The molecule has 2 heterocycles. The van der Waals surface area contributed by atoms with E-state index in [4.69, 9.17) is 4.74 Å². The first-order valence-corrected chi connectivity index (χ1v) is 8.18. The lowest BCUT2D eigenvalue weighted by Gasteiger charge is -2.08. The van der Waals surface area contributed by atoms with Crippen LogP contribution in [0.15, 0.2) is 61.2 Å². The fraction of sp³-hybridized carbons (Fsp3) is 0.150. The molecule has 2 N–H and O–H groups in total. The molecule has 0 atom stereocenters. The van der Waals surface area contributed by atoms with Gasteiger partial charge in [0.25, 0.3) is 0 Å². The lowest BCUT2D eigenvalue weighted by atomic mass is 10.1. The van der Waals surface area contributed by atoms with Crippen LogP contribution in [-0.4, -0.2) is 26.8 Å². The maximum Gasteiger partial charge on any atom is 0.119 e. The second-order valence-corrected chi connectivity index (χ2v) is 6.00. The normalized spacial score (nSPS) is 11.1. The number of ether oxygens (including phenoxy) is 1. The Balaban J connectivity index is 1.64. The van der Waals surface area contributed by atoms with E-state index < -0.39 is 0 Å². The Hall–Kier alpha value is -3.21. The average Bonchev–Trinajstić information content (AvgIpc) is 3.26. The minimum atomic E-state index is 0.291. The molecule has 5 nitrogen and oxygen atoms in total. The number of imidazole rings is 1. The number of nitrogens with zero attached hydrogens (tertiary/aromatic N) is 2. The standard InChI is InChI=1S/C20H19N3O2/c1-25-16-6-7-19-17(10-16)18(11-22-19)20-12-21-13-23(20)9-8-14-2-4-15(24)5-3-14/h2-7,10-13,22,24H,8-9H2,1H3. The minimum absolute atomic E-state index is 0.291. The summed E-state index contributed by atoms with van der Waals surface area (Å²) in [6.45, 7) is 0.816. The van der Waals surface area contributed by atoms with Crippen LogP contribution in [0.5, 0.6) is 11.5 Å². The summed E-state index contributed by atoms with van der Waals surface area (Å²) in [4.78, 5) is 7.64. The van der Waals surface area contributed by atoms with Gasteiger partial charge in [-0.15, -0.1) is 0 Å². The third-order valence-electron chi connectivity index (χ3n) is 4.45. The van der Waals surface area contributed by atoms with Crippen molar-refractivity contribution in [1.29, 1.82) is 0 Å². The Labute approximate surface area is 145 Å². The number of nitrogens with one attached hydrogen (secondary N) is 1. The molecular formula is C20H19N3O2. The number of H-pyrrole nitrogens is 1. The van der Waals surface area contributed by atoms with Gasteiger partial charge < -0.3 is 19.4 Å². The number of aryl methyl sites for hydroxylation is 2. The van der Waals surface area contributed by atoms with Crippen molar-refractivity contribution < 1.29 is 9.84 Å². The number of aromatic nitrogens is 3. The SMILES string of the molecule is COc1ccc2[nH]cc(-c3cncn3CCc3ccc(O)cc3)c2c1. The highest BCUT2D eigenvalue weighted by Crippen LogP contribution is 2.31. The van der Waals surface area contributed by atoms with E-state index >= 15 is 0 Å². The smallest absolute Gasteiger partial charge is 0.119 e. The van der Waals surface area contributed by atoms with Crippen molar-refractivity contribution in [2.24, 2.45) is 0 Å². The molecule has 0 saturated heterocycles. The van der Waals surface area contributed by atoms with Crippen molar-refractivity contribution in [1.82, 2.24) is 14.5 Å². The molecule has 126 valence electrons. The number of rotatable bonds is 5. The summed E-state index contributed by atoms with van der Waals surface area (Å²) >= 11 is 0. The number of aromatic amines is 1. The number of aromatic hydroxyl groups is 1. The number of benzene rings is 2.